The van der Waals surface area contributed by atoms with E-state index in [4.69, 9.17) is 4.74 Å². The number of methoxy groups -OCH3 is 1. The Bertz CT molecular complexity index is 1100. The number of benzene rings is 2. The fraction of sp³-hybridized carbons (Fsp3) is 0.333. The molecule has 0 saturated heterocycles. The van der Waals surface area contributed by atoms with Gasteiger partial charge in [0.2, 0.25) is 0 Å². The molecular formula is C27H29NO. The molecule has 2 heteroatoms. The van der Waals surface area contributed by atoms with Crippen LogP contribution in [0.4, 0.5) is 0 Å². The number of hydrogen-bond acceptors (Lipinski definition) is 1. The molecule has 0 radical (unpaired) electrons. The van der Waals surface area contributed by atoms with E-state index >= 15 is 0 Å². The van der Waals surface area contributed by atoms with E-state index in [1.54, 1.807) is 7.11 Å². The molecule has 0 fully saturated rings. The smallest absolute Gasteiger partial charge is 0.119 e. The predicted molar refractivity (Wildman–Crippen MR) is 122 cm³/mol. The number of aromatic amines is 1. The Balaban J connectivity index is 1.69. The lowest BCUT2D eigenvalue weighted by Crippen LogP contribution is -2.04. The van der Waals surface area contributed by atoms with Crippen LogP contribution in [0.3, 0.4) is 0 Å². The van der Waals surface area contributed by atoms with Crippen molar-refractivity contribution in [3.63, 3.8) is 0 Å². The van der Waals surface area contributed by atoms with Crippen LogP contribution in [-0.4, -0.2) is 12.1 Å². The Labute approximate surface area is 173 Å². The molecule has 0 amide bonds. The molecule has 5 rings (SSSR count). The molecule has 2 aliphatic rings. The van der Waals surface area contributed by atoms with Crippen LogP contribution in [0.15, 0.2) is 54.6 Å². The van der Waals surface area contributed by atoms with Crippen molar-refractivity contribution in [3.8, 4) is 5.75 Å². The zero-order valence-corrected chi connectivity index (χ0v) is 17.3. The van der Waals surface area contributed by atoms with E-state index < -0.39 is 0 Å². The standard InChI is InChI=1S/C27H29NO/c1-29-21-16-17-22-20(18-21)12-9-14-23(22)27-26(19-10-5-3-2-4-6-11-19)24-13-7-8-15-25(24)28-27/h7-8,10,13-18,28H,2-6,9,11-12H2,1H3/b19-10+. The minimum atomic E-state index is 0.949. The van der Waals surface area contributed by atoms with Crippen molar-refractivity contribution in [1.29, 1.82) is 0 Å². The lowest BCUT2D eigenvalue weighted by atomic mass is 9.85. The Kier molecular flexibility index (Phi) is 5.01. The van der Waals surface area contributed by atoms with Gasteiger partial charge in [-0.25, -0.2) is 0 Å². The molecule has 0 bridgehead atoms. The van der Waals surface area contributed by atoms with Gasteiger partial charge >= 0.3 is 0 Å². The van der Waals surface area contributed by atoms with Gasteiger partial charge in [0.1, 0.15) is 5.75 Å². The molecule has 29 heavy (non-hydrogen) atoms. The summed E-state index contributed by atoms with van der Waals surface area (Å²) in [5.74, 6) is 0.949. The van der Waals surface area contributed by atoms with Crippen molar-refractivity contribution in [2.75, 3.05) is 7.11 Å². The van der Waals surface area contributed by atoms with E-state index in [1.165, 1.54) is 83.0 Å². The summed E-state index contributed by atoms with van der Waals surface area (Å²) < 4.78 is 5.48. The number of rotatable bonds is 3. The third kappa shape index (κ3) is 3.42. The molecule has 2 aromatic carbocycles. The second kappa shape index (κ2) is 7.94. The summed E-state index contributed by atoms with van der Waals surface area (Å²) in [5.41, 5.74) is 9.57. The number of ether oxygens (including phenoxy) is 1. The van der Waals surface area contributed by atoms with Gasteiger partial charge in [0.15, 0.2) is 0 Å². The van der Waals surface area contributed by atoms with Gasteiger partial charge in [-0.05, 0) is 73.4 Å². The largest absolute Gasteiger partial charge is 0.497 e. The molecule has 3 aromatic rings. The lowest BCUT2D eigenvalue weighted by molar-refractivity contribution is 0.414. The molecular weight excluding hydrogens is 354 g/mol. The number of aryl methyl sites for hydroxylation is 1. The molecule has 1 N–H and O–H groups in total. The summed E-state index contributed by atoms with van der Waals surface area (Å²) in [7, 11) is 1.75. The normalized spacial score (nSPS) is 18.9. The highest BCUT2D eigenvalue weighted by Gasteiger charge is 2.22. The summed E-state index contributed by atoms with van der Waals surface area (Å²) >= 11 is 0. The second-order valence-electron chi connectivity index (χ2n) is 8.28. The topological polar surface area (TPSA) is 25.0 Å². The Morgan fingerprint density at radius 3 is 2.69 bits per heavy atom. The number of hydrogen-bond donors (Lipinski definition) is 1. The maximum absolute atomic E-state index is 5.48. The Morgan fingerprint density at radius 1 is 0.862 bits per heavy atom. The van der Waals surface area contributed by atoms with Crippen molar-refractivity contribution in [3.05, 3.63) is 77.0 Å². The van der Waals surface area contributed by atoms with Crippen molar-refractivity contribution < 1.29 is 4.74 Å². The molecule has 1 aromatic heterocycles. The molecule has 0 unspecified atom stereocenters. The number of fused-ring (bicyclic) bond motifs is 2. The van der Waals surface area contributed by atoms with Gasteiger partial charge < -0.3 is 9.72 Å². The van der Waals surface area contributed by atoms with Crippen LogP contribution in [0.25, 0.3) is 22.0 Å². The zero-order valence-electron chi connectivity index (χ0n) is 17.3. The average molecular weight is 384 g/mol. The highest BCUT2D eigenvalue weighted by molar-refractivity contribution is 6.01. The minimum absolute atomic E-state index is 0.949. The fourth-order valence-electron chi connectivity index (χ4n) is 4.98. The fourth-order valence-corrected chi connectivity index (χ4v) is 4.98. The van der Waals surface area contributed by atoms with Crippen LogP contribution >= 0.6 is 0 Å². The quantitative estimate of drug-likeness (QED) is 0.504. The Morgan fingerprint density at radius 2 is 1.76 bits per heavy atom. The number of nitrogens with one attached hydrogen (secondary N) is 1. The van der Waals surface area contributed by atoms with Gasteiger partial charge in [-0.15, -0.1) is 0 Å². The van der Waals surface area contributed by atoms with Crippen LogP contribution in [-0.2, 0) is 6.42 Å². The van der Waals surface area contributed by atoms with Gasteiger partial charge in [0, 0.05) is 22.0 Å². The van der Waals surface area contributed by atoms with E-state index in [-0.39, 0.29) is 0 Å². The van der Waals surface area contributed by atoms with E-state index in [0.717, 1.165) is 18.6 Å². The van der Waals surface area contributed by atoms with Gasteiger partial charge in [-0.1, -0.05) is 49.3 Å². The van der Waals surface area contributed by atoms with Crippen LogP contribution in [0.5, 0.6) is 5.75 Å². The number of H-pyrrole nitrogens is 1. The molecule has 0 spiro atoms. The van der Waals surface area contributed by atoms with Gasteiger partial charge in [0.25, 0.3) is 0 Å². The molecule has 0 atom stereocenters. The monoisotopic (exact) mass is 383 g/mol. The molecule has 2 aliphatic carbocycles. The van der Waals surface area contributed by atoms with E-state index in [1.807, 2.05) is 0 Å². The van der Waals surface area contributed by atoms with Crippen molar-refractivity contribution in [2.24, 2.45) is 0 Å². The first-order valence-electron chi connectivity index (χ1n) is 11.0. The second-order valence-corrected chi connectivity index (χ2v) is 8.28. The number of allylic oxidation sites excluding steroid dienone is 3. The van der Waals surface area contributed by atoms with Crippen LogP contribution in [0.1, 0.15) is 67.3 Å². The maximum atomic E-state index is 5.48. The third-order valence-electron chi connectivity index (χ3n) is 6.45. The molecule has 148 valence electrons. The van der Waals surface area contributed by atoms with Gasteiger partial charge in [-0.3, -0.25) is 0 Å². The highest BCUT2D eigenvalue weighted by Crippen LogP contribution is 2.41. The molecule has 0 saturated carbocycles. The maximum Gasteiger partial charge on any atom is 0.119 e. The number of aromatic nitrogens is 1. The SMILES string of the molecule is COc1ccc2c(c1)CCC=C2c1[nH]c2ccccc2c1/C1=C/CCCCCC1. The Hall–Kier alpha value is -2.74. The van der Waals surface area contributed by atoms with Crippen molar-refractivity contribution in [2.45, 2.75) is 51.4 Å². The van der Waals surface area contributed by atoms with E-state index in [0.29, 0.717) is 0 Å². The van der Waals surface area contributed by atoms with Crippen LogP contribution < -0.4 is 4.74 Å². The van der Waals surface area contributed by atoms with Crippen molar-refractivity contribution >= 4 is 22.0 Å². The van der Waals surface area contributed by atoms with Crippen LogP contribution in [0, 0.1) is 0 Å². The summed E-state index contributed by atoms with van der Waals surface area (Å²) in [6.45, 7) is 0. The first-order chi connectivity index (χ1) is 14.3. The number of para-hydroxylation sites is 1. The summed E-state index contributed by atoms with van der Waals surface area (Å²) in [4.78, 5) is 3.80. The summed E-state index contributed by atoms with van der Waals surface area (Å²) in [6.07, 6.45) is 14.8. The highest BCUT2D eigenvalue weighted by atomic mass is 16.5. The molecule has 1 heterocycles. The van der Waals surface area contributed by atoms with Crippen molar-refractivity contribution in [1.82, 2.24) is 4.98 Å². The predicted octanol–water partition coefficient (Wildman–Crippen LogP) is 7.29. The summed E-state index contributed by atoms with van der Waals surface area (Å²) in [5, 5.41) is 1.36. The van der Waals surface area contributed by atoms with Crippen LogP contribution in [0.2, 0.25) is 0 Å². The van der Waals surface area contributed by atoms with E-state index in [9.17, 15) is 0 Å². The zero-order chi connectivity index (χ0) is 19.6. The molecule has 0 aliphatic heterocycles. The summed E-state index contributed by atoms with van der Waals surface area (Å²) in [6, 6.07) is 15.3. The first-order valence-corrected chi connectivity index (χ1v) is 11.0. The third-order valence-corrected chi connectivity index (χ3v) is 6.45. The minimum Gasteiger partial charge on any atom is -0.497 e. The van der Waals surface area contributed by atoms with Gasteiger partial charge in [-0.2, -0.15) is 0 Å². The average Bonchev–Trinajstić information content (AvgIpc) is 3.12. The molecule has 2 nitrogen and oxygen atoms in total. The first kappa shape index (κ1) is 18.3. The van der Waals surface area contributed by atoms with E-state index in [2.05, 4.69) is 59.6 Å². The lowest BCUT2D eigenvalue weighted by Gasteiger charge is -2.20. The van der Waals surface area contributed by atoms with Gasteiger partial charge in [0.05, 0.1) is 12.8 Å².